The van der Waals surface area contributed by atoms with Crippen LogP contribution >= 0.6 is 23.1 Å². The maximum absolute atomic E-state index is 5.83. The van der Waals surface area contributed by atoms with Crippen LogP contribution in [0.5, 0.6) is 0 Å². The van der Waals surface area contributed by atoms with Gasteiger partial charge in [0, 0.05) is 24.5 Å². The van der Waals surface area contributed by atoms with Crippen molar-refractivity contribution in [3.8, 4) is 22.2 Å². The molecule has 4 heterocycles. The van der Waals surface area contributed by atoms with Crippen LogP contribution in [0.2, 0.25) is 0 Å². The molecule has 0 amide bonds. The quantitative estimate of drug-likeness (QED) is 0.458. The molecule has 0 unspecified atom stereocenters. The molecule has 0 aliphatic heterocycles. The monoisotopic (exact) mass is 384 g/mol. The summed E-state index contributed by atoms with van der Waals surface area (Å²) in [6, 6.07) is 7.79. The maximum atomic E-state index is 5.83. The number of hydrogen-bond acceptors (Lipinski definition) is 8. The van der Waals surface area contributed by atoms with Gasteiger partial charge in [0.15, 0.2) is 11.0 Å². The van der Waals surface area contributed by atoms with Crippen molar-refractivity contribution in [1.29, 1.82) is 0 Å². The summed E-state index contributed by atoms with van der Waals surface area (Å²) < 4.78 is 7.91. The van der Waals surface area contributed by atoms with E-state index in [0.717, 1.165) is 28.0 Å². The van der Waals surface area contributed by atoms with Crippen molar-refractivity contribution in [2.24, 2.45) is 0 Å². The van der Waals surface area contributed by atoms with Crippen molar-refractivity contribution in [3.63, 3.8) is 0 Å². The summed E-state index contributed by atoms with van der Waals surface area (Å²) in [5.74, 6) is 1.96. The minimum Gasteiger partial charge on any atom is -0.419 e. The number of thiophene rings is 1. The third kappa shape index (κ3) is 3.27. The normalized spacial score (nSPS) is 12.4. The van der Waals surface area contributed by atoms with E-state index in [0.29, 0.717) is 11.8 Å². The Kier molecular flexibility index (Phi) is 4.81. The standard InChI is InChI=1S/C17H16N6OS2/c1-3-23-14(12-6-8-18-9-7-12)19-22-17(23)26-11(2)15-20-21-16(24-15)13-5-4-10-25-13/h4-11H,3H2,1-2H3/t11-/m1/s1. The lowest BCUT2D eigenvalue weighted by Gasteiger charge is -2.09. The molecule has 9 heteroatoms. The van der Waals surface area contributed by atoms with Crippen LogP contribution in [0.1, 0.15) is 25.0 Å². The molecule has 0 aliphatic carbocycles. The molecule has 0 radical (unpaired) electrons. The van der Waals surface area contributed by atoms with Gasteiger partial charge in [0.1, 0.15) is 0 Å². The Labute approximate surface area is 158 Å². The van der Waals surface area contributed by atoms with Crippen LogP contribution in [-0.2, 0) is 6.54 Å². The molecule has 0 saturated heterocycles. The van der Waals surface area contributed by atoms with Gasteiger partial charge < -0.3 is 8.98 Å². The van der Waals surface area contributed by atoms with Crippen molar-refractivity contribution in [2.75, 3.05) is 0 Å². The lowest BCUT2D eigenvalue weighted by atomic mass is 10.2. The summed E-state index contributed by atoms with van der Waals surface area (Å²) in [4.78, 5) is 5.03. The topological polar surface area (TPSA) is 82.5 Å². The molecule has 0 aliphatic rings. The highest BCUT2D eigenvalue weighted by Crippen LogP contribution is 2.36. The summed E-state index contributed by atoms with van der Waals surface area (Å²) in [6.07, 6.45) is 3.51. The molecular formula is C17H16N6OS2. The largest absolute Gasteiger partial charge is 0.419 e. The average Bonchev–Trinajstić information content (AvgIpc) is 3.42. The number of nitrogens with zero attached hydrogens (tertiary/aromatic N) is 6. The number of hydrogen-bond donors (Lipinski definition) is 0. The molecule has 0 N–H and O–H groups in total. The average molecular weight is 384 g/mol. The van der Waals surface area contributed by atoms with Crippen molar-refractivity contribution in [1.82, 2.24) is 29.9 Å². The maximum Gasteiger partial charge on any atom is 0.257 e. The lowest BCUT2D eigenvalue weighted by molar-refractivity contribution is 0.509. The van der Waals surface area contributed by atoms with Gasteiger partial charge in [-0.05, 0) is 37.4 Å². The van der Waals surface area contributed by atoms with Gasteiger partial charge in [0.2, 0.25) is 5.89 Å². The highest BCUT2D eigenvalue weighted by molar-refractivity contribution is 7.99. The highest BCUT2D eigenvalue weighted by atomic mass is 32.2. The first-order chi connectivity index (χ1) is 12.8. The second-order valence-corrected chi connectivity index (χ2v) is 7.72. The molecule has 0 bridgehead atoms. The van der Waals surface area contributed by atoms with E-state index in [-0.39, 0.29) is 5.25 Å². The fraction of sp³-hybridized carbons (Fsp3) is 0.235. The number of aromatic nitrogens is 6. The molecular weight excluding hydrogens is 368 g/mol. The Morgan fingerprint density at radius 3 is 2.73 bits per heavy atom. The summed E-state index contributed by atoms with van der Waals surface area (Å²) >= 11 is 3.13. The fourth-order valence-corrected chi connectivity index (χ4v) is 4.07. The fourth-order valence-electron chi connectivity index (χ4n) is 2.48. The van der Waals surface area contributed by atoms with Gasteiger partial charge in [-0.25, -0.2) is 0 Å². The van der Waals surface area contributed by atoms with Gasteiger partial charge in [-0.1, -0.05) is 17.8 Å². The Hall–Kier alpha value is -2.52. The Balaban J connectivity index is 1.57. The van der Waals surface area contributed by atoms with Gasteiger partial charge in [-0.3, -0.25) is 4.98 Å². The van der Waals surface area contributed by atoms with E-state index in [1.807, 2.05) is 36.6 Å². The molecule has 4 aromatic rings. The molecule has 132 valence electrons. The predicted molar refractivity (Wildman–Crippen MR) is 101 cm³/mol. The third-order valence-corrected chi connectivity index (χ3v) is 5.70. The summed E-state index contributed by atoms with van der Waals surface area (Å²) in [6.45, 7) is 4.87. The van der Waals surface area contributed by atoms with Crippen LogP contribution in [0, 0.1) is 0 Å². The van der Waals surface area contributed by atoms with Crippen LogP contribution in [0.3, 0.4) is 0 Å². The molecule has 4 rings (SSSR count). The summed E-state index contributed by atoms with van der Waals surface area (Å²) in [5.41, 5.74) is 0.992. The highest BCUT2D eigenvalue weighted by Gasteiger charge is 2.21. The van der Waals surface area contributed by atoms with Gasteiger partial charge in [0.05, 0.1) is 10.1 Å². The Morgan fingerprint density at radius 1 is 1.15 bits per heavy atom. The Morgan fingerprint density at radius 2 is 2.00 bits per heavy atom. The van der Waals surface area contributed by atoms with Crippen LogP contribution in [-0.4, -0.2) is 29.9 Å². The van der Waals surface area contributed by atoms with E-state index in [2.05, 4.69) is 36.9 Å². The second kappa shape index (κ2) is 7.38. The predicted octanol–water partition coefficient (Wildman–Crippen LogP) is 4.32. The van der Waals surface area contributed by atoms with Crippen LogP contribution in [0.4, 0.5) is 0 Å². The lowest BCUT2D eigenvalue weighted by Crippen LogP contribution is -2.01. The first-order valence-corrected chi connectivity index (χ1v) is 9.89. The first-order valence-electron chi connectivity index (χ1n) is 8.13. The minimum absolute atomic E-state index is 0.0315. The SMILES string of the molecule is CCn1c(S[C@H](C)c2nnc(-c3cccs3)o2)nnc1-c1ccncc1. The molecule has 4 aromatic heterocycles. The van der Waals surface area contributed by atoms with Gasteiger partial charge >= 0.3 is 0 Å². The molecule has 0 fully saturated rings. The van der Waals surface area contributed by atoms with E-state index in [1.54, 1.807) is 35.5 Å². The number of pyridine rings is 1. The number of thioether (sulfide) groups is 1. The molecule has 0 spiro atoms. The molecule has 0 aromatic carbocycles. The zero-order valence-corrected chi connectivity index (χ0v) is 15.9. The number of rotatable bonds is 6. The molecule has 1 atom stereocenters. The van der Waals surface area contributed by atoms with E-state index in [1.165, 1.54) is 0 Å². The van der Waals surface area contributed by atoms with E-state index < -0.39 is 0 Å². The zero-order chi connectivity index (χ0) is 17.9. The van der Waals surface area contributed by atoms with Gasteiger partial charge in [0.25, 0.3) is 5.89 Å². The van der Waals surface area contributed by atoms with E-state index in [4.69, 9.17) is 4.42 Å². The smallest absolute Gasteiger partial charge is 0.257 e. The zero-order valence-electron chi connectivity index (χ0n) is 14.2. The van der Waals surface area contributed by atoms with Crippen LogP contribution < -0.4 is 0 Å². The first kappa shape index (κ1) is 16.9. The van der Waals surface area contributed by atoms with Crippen LogP contribution in [0.15, 0.2) is 51.6 Å². The van der Waals surface area contributed by atoms with E-state index >= 15 is 0 Å². The van der Waals surface area contributed by atoms with E-state index in [9.17, 15) is 0 Å². The van der Waals surface area contributed by atoms with Crippen LogP contribution in [0.25, 0.3) is 22.2 Å². The summed E-state index contributed by atoms with van der Waals surface area (Å²) in [7, 11) is 0. The van der Waals surface area contributed by atoms with Crippen molar-refractivity contribution >= 4 is 23.1 Å². The third-order valence-electron chi connectivity index (χ3n) is 3.77. The van der Waals surface area contributed by atoms with Crippen molar-refractivity contribution in [2.45, 2.75) is 30.8 Å². The minimum atomic E-state index is -0.0315. The molecule has 26 heavy (non-hydrogen) atoms. The summed E-state index contributed by atoms with van der Waals surface area (Å²) in [5, 5.41) is 19.8. The van der Waals surface area contributed by atoms with Gasteiger partial charge in [-0.2, -0.15) is 0 Å². The van der Waals surface area contributed by atoms with Gasteiger partial charge in [-0.15, -0.1) is 31.7 Å². The molecule has 7 nitrogen and oxygen atoms in total. The molecule has 0 saturated carbocycles. The van der Waals surface area contributed by atoms with Crippen molar-refractivity contribution in [3.05, 3.63) is 47.9 Å². The Bertz CT molecular complexity index is 980. The van der Waals surface area contributed by atoms with Crippen molar-refractivity contribution < 1.29 is 4.42 Å². The second-order valence-electron chi connectivity index (χ2n) is 5.47.